The van der Waals surface area contributed by atoms with Crippen LogP contribution in [-0.2, 0) is 9.59 Å². The maximum Gasteiger partial charge on any atom is 0.295 e. The molecule has 1 saturated heterocycles. The van der Waals surface area contributed by atoms with Crippen LogP contribution in [0.25, 0.3) is 5.76 Å². The van der Waals surface area contributed by atoms with Gasteiger partial charge in [0.15, 0.2) is 0 Å². The summed E-state index contributed by atoms with van der Waals surface area (Å²) in [7, 11) is 1.57. The molecule has 1 N–H and O–H groups in total. The van der Waals surface area contributed by atoms with Crippen molar-refractivity contribution in [2.24, 2.45) is 0 Å². The number of ether oxygens (including phenoxy) is 2. The van der Waals surface area contributed by atoms with Gasteiger partial charge in [0, 0.05) is 18.7 Å². The molecule has 1 amide bonds. The van der Waals surface area contributed by atoms with Crippen LogP contribution in [0.2, 0.25) is 0 Å². The zero-order valence-corrected chi connectivity index (χ0v) is 20.4. The van der Waals surface area contributed by atoms with Gasteiger partial charge in [-0.1, -0.05) is 45.0 Å². The average Bonchev–Trinajstić information content (AvgIpc) is 3.12. The van der Waals surface area contributed by atoms with E-state index in [1.54, 1.807) is 48.4 Å². The van der Waals surface area contributed by atoms with Gasteiger partial charge in [0.2, 0.25) is 0 Å². The Morgan fingerprint density at radius 2 is 1.74 bits per heavy atom. The van der Waals surface area contributed by atoms with Crippen molar-refractivity contribution >= 4 is 17.4 Å². The molecule has 7 nitrogen and oxygen atoms in total. The van der Waals surface area contributed by atoms with Crippen molar-refractivity contribution in [1.82, 2.24) is 9.80 Å². The van der Waals surface area contributed by atoms with Crippen LogP contribution in [0.4, 0.5) is 0 Å². The minimum Gasteiger partial charge on any atom is -0.507 e. The number of benzene rings is 2. The third kappa shape index (κ3) is 5.42. The first-order chi connectivity index (χ1) is 16.4. The van der Waals surface area contributed by atoms with E-state index in [1.165, 1.54) is 0 Å². The molecule has 3 rings (SSSR count). The number of methoxy groups -OCH3 is 1. The quantitative estimate of drug-likeness (QED) is 0.303. The summed E-state index contributed by atoms with van der Waals surface area (Å²) in [6.45, 7) is 9.35. The first kappa shape index (κ1) is 25.3. The number of aliphatic hydroxyl groups is 1. The molecule has 2 aromatic rings. The van der Waals surface area contributed by atoms with Gasteiger partial charge in [0.05, 0.1) is 25.3 Å². The van der Waals surface area contributed by atoms with Crippen LogP contribution in [0.5, 0.6) is 11.5 Å². The fourth-order valence-corrected chi connectivity index (χ4v) is 4.17. The fraction of sp³-hybridized carbons (Fsp3) is 0.407. The maximum atomic E-state index is 13.2. The van der Waals surface area contributed by atoms with Crippen LogP contribution in [0.15, 0.2) is 54.1 Å². The van der Waals surface area contributed by atoms with Crippen molar-refractivity contribution in [2.45, 2.75) is 33.2 Å². The summed E-state index contributed by atoms with van der Waals surface area (Å²) < 4.78 is 11.1. The highest BCUT2D eigenvalue weighted by Gasteiger charge is 2.46. The molecule has 0 saturated carbocycles. The lowest BCUT2D eigenvalue weighted by Crippen LogP contribution is -2.38. The molecular formula is C27H34N2O5. The number of hydrogen-bond acceptors (Lipinski definition) is 6. The molecule has 1 aliphatic heterocycles. The summed E-state index contributed by atoms with van der Waals surface area (Å²) in [5.41, 5.74) is 1.21. The molecule has 0 radical (unpaired) electrons. The van der Waals surface area contributed by atoms with Gasteiger partial charge in [0.25, 0.3) is 11.7 Å². The number of ketones is 1. The van der Waals surface area contributed by atoms with E-state index in [0.29, 0.717) is 42.3 Å². The van der Waals surface area contributed by atoms with Crippen LogP contribution >= 0.6 is 0 Å². The minimum absolute atomic E-state index is 0.0745. The molecule has 182 valence electrons. The molecular weight excluding hydrogens is 432 g/mol. The number of Topliss-reactive ketones (excluding diaryl/α,β-unsaturated/α-hetero) is 1. The van der Waals surface area contributed by atoms with Gasteiger partial charge in [-0.25, -0.2) is 0 Å². The molecule has 0 aromatic heterocycles. The monoisotopic (exact) mass is 466 g/mol. The number of nitrogens with zero attached hydrogens (tertiary/aromatic N) is 2. The Hall–Kier alpha value is -3.32. The van der Waals surface area contributed by atoms with Gasteiger partial charge in [-0.2, -0.15) is 0 Å². The predicted octanol–water partition coefficient (Wildman–Crippen LogP) is 4.25. The van der Waals surface area contributed by atoms with E-state index >= 15 is 0 Å². The average molecular weight is 467 g/mol. The Morgan fingerprint density at radius 3 is 2.41 bits per heavy atom. The lowest BCUT2D eigenvalue weighted by molar-refractivity contribution is -0.140. The summed E-state index contributed by atoms with van der Waals surface area (Å²) in [6, 6.07) is 13.5. The van der Waals surface area contributed by atoms with Crippen molar-refractivity contribution < 1.29 is 24.2 Å². The molecule has 1 heterocycles. The number of likely N-dealkylation sites (tertiary alicyclic amines) is 1. The molecule has 0 spiro atoms. The Bertz CT molecular complexity index is 1040. The van der Waals surface area contributed by atoms with E-state index in [-0.39, 0.29) is 11.3 Å². The summed E-state index contributed by atoms with van der Waals surface area (Å²) in [5.74, 6) is -0.301. The van der Waals surface area contributed by atoms with Crippen molar-refractivity contribution in [3.63, 3.8) is 0 Å². The number of hydrogen-bond donors (Lipinski definition) is 1. The number of carbonyl (C=O) groups excluding carboxylic acids is 2. The largest absolute Gasteiger partial charge is 0.507 e. The van der Waals surface area contributed by atoms with Crippen molar-refractivity contribution in [3.8, 4) is 11.5 Å². The highest BCUT2D eigenvalue weighted by Crippen LogP contribution is 2.40. The van der Waals surface area contributed by atoms with Crippen LogP contribution in [-0.4, -0.2) is 66.5 Å². The summed E-state index contributed by atoms with van der Waals surface area (Å²) in [5, 5.41) is 11.3. The van der Waals surface area contributed by atoms with Gasteiger partial charge in [-0.15, -0.1) is 0 Å². The summed E-state index contributed by atoms with van der Waals surface area (Å²) >= 11 is 0. The lowest BCUT2D eigenvalue weighted by Gasteiger charge is -2.28. The first-order valence-electron chi connectivity index (χ1n) is 11.8. The number of rotatable bonds is 11. The van der Waals surface area contributed by atoms with E-state index < -0.39 is 17.7 Å². The maximum absolute atomic E-state index is 13.2. The van der Waals surface area contributed by atoms with Gasteiger partial charge in [-0.05, 0) is 49.3 Å². The van der Waals surface area contributed by atoms with Crippen molar-refractivity contribution in [1.29, 1.82) is 0 Å². The zero-order valence-electron chi connectivity index (χ0n) is 20.4. The number of carbonyl (C=O) groups is 2. The standard InChI is InChI=1S/C27H34N2O5/c1-5-16-34-22-13-9-11-20(18-22)25(30)23-24(19-10-8-12-21(17-19)33-4)29(27(32)26(23)31)15-14-28(6-2)7-3/h8-13,17-18,24,30H,5-7,14-16H2,1-4H3/b25-23-. The number of amides is 1. The van der Waals surface area contributed by atoms with Crippen molar-refractivity contribution in [3.05, 3.63) is 65.2 Å². The number of likely N-dealkylation sites (N-methyl/N-ethyl adjacent to an activating group) is 1. The third-order valence-corrected chi connectivity index (χ3v) is 6.08. The molecule has 34 heavy (non-hydrogen) atoms. The Kier molecular flexibility index (Phi) is 8.71. The molecule has 2 aromatic carbocycles. The van der Waals surface area contributed by atoms with Crippen LogP contribution in [0.1, 0.15) is 44.4 Å². The second kappa shape index (κ2) is 11.7. The van der Waals surface area contributed by atoms with Crippen molar-refractivity contribution in [2.75, 3.05) is 39.9 Å². The highest BCUT2D eigenvalue weighted by molar-refractivity contribution is 6.46. The number of aliphatic hydroxyl groups excluding tert-OH is 1. The van der Waals surface area contributed by atoms with E-state index in [9.17, 15) is 14.7 Å². The zero-order chi connectivity index (χ0) is 24.7. The second-order valence-corrected chi connectivity index (χ2v) is 8.17. The molecule has 1 fully saturated rings. The first-order valence-corrected chi connectivity index (χ1v) is 11.8. The predicted molar refractivity (Wildman–Crippen MR) is 132 cm³/mol. The Balaban J connectivity index is 2.09. The Labute approximate surface area is 201 Å². The molecule has 1 unspecified atom stereocenters. The molecule has 0 aliphatic carbocycles. The van der Waals surface area contributed by atoms with Crippen LogP contribution in [0, 0.1) is 0 Å². The topological polar surface area (TPSA) is 79.3 Å². The summed E-state index contributed by atoms with van der Waals surface area (Å²) in [4.78, 5) is 30.1. The van der Waals surface area contributed by atoms with Gasteiger partial charge in [-0.3, -0.25) is 9.59 Å². The SMILES string of the molecule is CCCOc1cccc(/C(O)=C2/C(=O)C(=O)N(CCN(CC)CC)C2c2cccc(OC)c2)c1. The van der Waals surface area contributed by atoms with Gasteiger partial charge < -0.3 is 24.4 Å². The van der Waals surface area contributed by atoms with E-state index in [0.717, 1.165) is 19.5 Å². The van der Waals surface area contributed by atoms with E-state index in [4.69, 9.17) is 9.47 Å². The normalized spacial score (nSPS) is 17.4. The van der Waals surface area contributed by atoms with Crippen LogP contribution in [0.3, 0.4) is 0 Å². The van der Waals surface area contributed by atoms with Crippen LogP contribution < -0.4 is 9.47 Å². The molecule has 1 atom stereocenters. The molecule has 0 bridgehead atoms. The second-order valence-electron chi connectivity index (χ2n) is 8.17. The van der Waals surface area contributed by atoms with E-state index in [1.807, 2.05) is 19.1 Å². The third-order valence-electron chi connectivity index (χ3n) is 6.08. The fourth-order valence-electron chi connectivity index (χ4n) is 4.17. The van der Waals surface area contributed by atoms with E-state index in [2.05, 4.69) is 18.7 Å². The lowest BCUT2D eigenvalue weighted by atomic mass is 9.95. The van der Waals surface area contributed by atoms with Gasteiger partial charge >= 0.3 is 0 Å². The molecule has 1 aliphatic rings. The minimum atomic E-state index is -0.717. The summed E-state index contributed by atoms with van der Waals surface area (Å²) in [6.07, 6.45) is 0.851. The smallest absolute Gasteiger partial charge is 0.295 e. The van der Waals surface area contributed by atoms with Gasteiger partial charge in [0.1, 0.15) is 17.3 Å². The molecule has 7 heteroatoms. The Morgan fingerprint density at radius 1 is 1.03 bits per heavy atom. The highest BCUT2D eigenvalue weighted by atomic mass is 16.5.